The van der Waals surface area contributed by atoms with Gasteiger partial charge in [-0.05, 0) is 36.8 Å². The molecule has 0 saturated carbocycles. The number of H-pyrrole nitrogens is 3. The Morgan fingerprint density at radius 1 is 0.462 bits per heavy atom. The molecule has 0 spiro atoms. The van der Waals surface area contributed by atoms with E-state index in [1.54, 1.807) is 6.92 Å². The lowest BCUT2D eigenvalue weighted by Gasteiger charge is -2.05. The molecule has 20 nitrogen and oxygen atoms in total. The van der Waals surface area contributed by atoms with Crippen molar-refractivity contribution in [3.63, 3.8) is 0 Å². The Bertz CT molecular complexity index is 2800. The van der Waals surface area contributed by atoms with Crippen molar-refractivity contribution >= 4 is 44.8 Å². The lowest BCUT2D eigenvalue weighted by molar-refractivity contribution is -0.385. The van der Waals surface area contributed by atoms with Gasteiger partial charge in [-0.3, -0.25) is 50.7 Å². The first-order valence-corrected chi connectivity index (χ1v) is 15.0. The SMILES string of the molecule is Cc1cc([N+](=O)[O-])ccc1-c1nc2nc(nc3[nH]c(nc4nc([nH][nH]1)-c1ccc([N+](=O)[O-])cc1-4)c1ccc([N+](=O)[O-])cc31)-c1ccc([N+](=O)[O-])cc1-2. The van der Waals surface area contributed by atoms with Crippen LogP contribution in [0.3, 0.4) is 0 Å². The molecule has 52 heavy (non-hydrogen) atoms. The minimum Gasteiger partial charge on any atom is -0.324 e. The fourth-order valence-electron chi connectivity index (χ4n) is 5.95. The Labute approximate surface area is 287 Å². The second-order valence-electron chi connectivity index (χ2n) is 11.5. The normalized spacial score (nSPS) is 11.4. The van der Waals surface area contributed by atoms with Crippen LogP contribution in [0.2, 0.25) is 0 Å². The molecule has 0 saturated heterocycles. The number of nitro benzene ring substituents is 4. The molecule has 4 heterocycles. The first-order chi connectivity index (χ1) is 24.9. The van der Waals surface area contributed by atoms with Crippen LogP contribution < -0.4 is 0 Å². The molecule has 2 aliphatic rings. The van der Waals surface area contributed by atoms with Gasteiger partial charge in [0.2, 0.25) is 0 Å². The van der Waals surface area contributed by atoms with Crippen LogP contribution in [0, 0.1) is 47.4 Å². The van der Waals surface area contributed by atoms with Gasteiger partial charge in [-0.2, -0.15) is 0 Å². The van der Waals surface area contributed by atoms with Crippen molar-refractivity contribution in [3.05, 3.63) is 119 Å². The van der Waals surface area contributed by atoms with E-state index in [2.05, 4.69) is 25.1 Å². The predicted octanol–water partition coefficient (Wildman–Crippen LogP) is 6.67. The summed E-state index contributed by atoms with van der Waals surface area (Å²) in [6, 6.07) is 16.3. The summed E-state index contributed by atoms with van der Waals surface area (Å²) in [7, 11) is 0. The number of nitrogens with zero attached hydrogens (tertiary/aromatic N) is 9. The molecule has 0 unspecified atom stereocenters. The largest absolute Gasteiger partial charge is 0.324 e. The van der Waals surface area contributed by atoms with E-state index < -0.39 is 19.7 Å². The van der Waals surface area contributed by atoms with Crippen molar-refractivity contribution in [2.45, 2.75) is 6.92 Å². The number of hydrogen-bond acceptors (Lipinski definition) is 13. The highest BCUT2D eigenvalue weighted by atomic mass is 16.6. The van der Waals surface area contributed by atoms with E-state index in [0.717, 1.165) is 0 Å². The highest BCUT2D eigenvalue weighted by molar-refractivity contribution is 6.06. The standard InChI is InChI=1S/C32H18N12O8/c1-14-10-15(41(45)46)2-6-19(14)31-37-29-24-12-17(43(49)50)4-8-21(24)27(35-29)34-28-23-11-16(42(47)48)3-7-20(23)26(33-28)36-30-25-13-18(44(51)52)5-9-22(25)32(38-30)40-39-31/h2-13H,1H3,(H3,33,34,35,36,37,38,39,40). The monoisotopic (exact) mass is 698 g/mol. The molecule has 0 aliphatic carbocycles. The number of aromatic nitrogens is 8. The molecule has 0 radical (unpaired) electrons. The van der Waals surface area contributed by atoms with E-state index in [1.807, 2.05) is 0 Å². The van der Waals surface area contributed by atoms with Crippen LogP contribution in [-0.2, 0) is 0 Å². The summed E-state index contributed by atoms with van der Waals surface area (Å²) in [5.41, 5.74) is 1.49. The zero-order valence-electron chi connectivity index (χ0n) is 26.2. The number of rotatable bonds is 5. The molecular formula is C32H18N12O8. The fraction of sp³-hybridized carbons (Fsp3) is 0.0312. The third kappa shape index (κ3) is 5.15. The molecule has 6 aromatic rings. The van der Waals surface area contributed by atoms with Crippen LogP contribution in [0.1, 0.15) is 5.56 Å². The summed E-state index contributed by atoms with van der Waals surface area (Å²) >= 11 is 0. The van der Waals surface area contributed by atoms with Crippen LogP contribution in [0.5, 0.6) is 0 Å². The minimum atomic E-state index is -0.580. The average molecular weight is 699 g/mol. The minimum absolute atomic E-state index is 0.0160. The summed E-state index contributed by atoms with van der Waals surface area (Å²) in [6.07, 6.45) is 0. The molecule has 3 N–H and O–H groups in total. The van der Waals surface area contributed by atoms with Crippen molar-refractivity contribution in [2.24, 2.45) is 0 Å². The summed E-state index contributed by atoms with van der Waals surface area (Å²) in [5, 5.41) is 53.5. The summed E-state index contributed by atoms with van der Waals surface area (Å²) in [5.74, 6) is 0.332. The number of fused-ring (bicyclic) bond motifs is 15. The Morgan fingerprint density at radius 2 is 0.904 bits per heavy atom. The molecule has 8 rings (SSSR count). The molecule has 20 heteroatoms. The molecule has 4 aromatic carbocycles. The highest BCUT2D eigenvalue weighted by Gasteiger charge is 2.25. The van der Waals surface area contributed by atoms with Gasteiger partial charge in [-0.15, -0.1) is 0 Å². The second-order valence-corrected chi connectivity index (χ2v) is 11.5. The van der Waals surface area contributed by atoms with Crippen molar-refractivity contribution in [2.75, 3.05) is 0 Å². The average Bonchev–Trinajstić information content (AvgIpc) is 3.76. The molecule has 0 fully saturated rings. The van der Waals surface area contributed by atoms with E-state index in [-0.39, 0.29) is 79.7 Å². The third-order valence-corrected chi connectivity index (χ3v) is 8.42. The molecule has 0 atom stereocenters. The summed E-state index contributed by atoms with van der Waals surface area (Å²) in [6.45, 7) is 1.63. The number of benzene rings is 4. The maximum absolute atomic E-state index is 11.8. The van der Waals surface area contributed by atoms with Crippen molar-refractivity contribution in [1.29, 1.82) is 0 Å². The molecule has 6 bridgehead atoms. The smallest absolute Gasteiger partial charge is 0.270 e. The van der Waals surface area contributed by atoms with Gasteiger partial charge in [-0.1, -0.05) is 0 Å². The van der Waals surface area contributed by atoms with Gasteiger partial charge in [0.05, 0.1) is 19.7 Å². The first-order valence-electron chi connectivity index (χ1n) is 15.0. The predicted molar refractivity (Wildman–Crippen MR) is 183 cm³/mol. The van der Waals surface area contributed by atoms with Gasteiger partial charge < -0.3 is 4.98 Å². The Hall–Kier alpha value is -8.03. The van der Waals surface area contributed by atoms with Crippen LogP contribution >= 0.6 is 0 Å². The van der Waals surface area contributed by atoms with Gasteiger partial charge >= 0.3 is 0 Å². The molecule has 2 aliphatic heterocycles. The third-order valence-electron chi connectivity index (χ3n) is 8.42. The Morgan fingerprint density at radius 3 is 1.50 bits per heavy atom. The molecule has 0 amide bonds. The van der Waals surface area contributed by atoms with Crippen molar-refractivity contribution in [1.82, 2.24) is 40.1 Å². The number of aromatic amines is 3. The molecular weight excluding hydrogens is 680 g/mol. The zero-order chi connectivity index (χ0) is 36.4. The van der Waals surface area contributed by atoms with E-state index in [0.29, 0.717) is 27.6 Å². The van der Waals surface area contributed by atoms with Crippen molar-refractivity contribution < 1.29 is 19.7 Å². The zero-order valence-corrected chi connectivity index (χ0v) is 26.2. The maximum atomic E-state index is 11.8. The second kappa shape index (κ2) is 11.5. The van der Waals surface area contributed by atoms with Crippen molar-refractivity contribution in [3.8, 4) is 56.9 Å². The van der Waals surface area contributed by atoms with Crippen LogP contribution in [0.4, 0.5) is 22.7 Å². The molecule has 2 aromatic heterocycles. The van der Waals surface area contributed by atoms with E-state index in [9.17, 15) is 40.5 Å². The van der Waals surface area contributed by atoms with E-state index in [4.69, 9.17) is 15.0 Å². The lowest BCUT2D eigenvalue weighted by Crippen LogP contribution is -1.96. The number of nitrogens with one attached hydrogen (secondary N) is 3. The number of nitro groups is 4. The summed E-state index contributed by atoms with van der Waals surface area (Å²) in [4.78, 5) is 71.0. The quantitative estimate of drug-likeness (QED) is 0.125. The van der Waals surface area contributed by atoms with Crippen LogP contribution in [0.15, 0.2) is 72.8 Å². The van der Waals surface area contributed by atoms with E-state index >= 15 is 0 Å². The van der Waals surface area contributed by atoms with E-state index in [1.165, 1.54) is 72.8 Å². The van der Waals surface area contributed by atoms with Gasteiger partial charge in [0.15, 0.2) is 29.1 Å². The van der Waals surface area contributed by atoms with Crippen LogP contribution in [0.25, 0.3) is 79.0 Å². The highest BCUT2D eigenvalue weighted by Crippen LogP contribution is 2.39. The van der Waals surface area contributed by atoms with Gasteiger partial charge in [0.25, 0.3) is 22.7 Å². The number of non-ortho nitro benzene ring substituents is 4. The lowest BCUT2D eigenvalue weighted by atomic mass is 10.1. The number of aryl methyl sites for hydroxylation is 1. The maximum Gasteiger partial charge on any atom is 0.270 e. The summed E-state index contributed by atoms with van der Waals surface area (Å²) < 4.78 is 0. The Kier molecular flexibility index (Phi) is 6.94. The van der Waals surface area contributed by atoms with Crippen LogP contribution in [-0.4, -0.2) is 59.8 Å². The Balaban J connectivity index is 1.53. The fourth-order valence-corrected chi connectivity index (χ4v) is 5.95. The van der Waals surface area contributed by atoms with Gasteiger partial charge in [0, 0.05) is 87.1 Å². The van der Waals surface area contributed by atoms with Gasteiger partial charge in [-0.25, -0.2) is 24.9 Å². The molecule has 254 valence electrons. The van der Waals surface area contributed by atoms with Gasteiger partial charge in [0.1, 0.15) is 11.3 Å². The topological polar surface area (TPSA) is 284 Å². The number of hydrogen-bond donors (Lipinski definition) is 3. The first kappa shape index (κ1) is 31.3.